The molecule has 0 spiro atoms. The van der Waals surface area contributed by atoms with E-state index in [-0.39, 0.29) is 30.4 Å². The van der Waals surface area contributed by atoms with Gasteiger partial charge < -0.3 is 19.3 Å². The first-order valence-electron chi connectivity index (χ1n) is 9.01. The van der Waals surface area contributed by atoms with Gasteiger partial charge in [0.1, 0.15) is 19.0 Å². The van der Waals surface area contributed by atoms with Gasteiger partial charge in [-0.05, 0) is 38.8 Å². The van der Waals surface area contributed by atoms with E-state index in [2.05, 4.69) is 0 Å². The van der Waals surface area contributed by atoms with Gasteiger partial charge in [0.05, 0.1) is 17.7 Å². The fourth-order valence-electron chi connectivity index (χ4n) is 3.40. The van der Waals surface area contributed by atoms with Crippen molar-refractivity contribution >= 4 is 6.09 Å². The second-order valence-electron chi connectivity index (χ2n) is 7.70. The van der Waals surface area contributed by atoms with Crippen LogP contribution in [-0.4, -0.2) is 53.3 Å². The van der Waals surface area contributed by atoms with E-state index in [1.54, 1.807) is 11.0 Å². The molecule has 26 heavy (non-hydrogen) atoms. The third-order valence-electron chi connectivity index (χ3n) is 4.38. The van der Waals surface area contributed by atoms with Gasteiger partial charge in [-0.2, -0.15) is 0 Å². The number of nitrogens with zero attached hydrogens (tertiary/aromatic N) is 1. The number of ether oxygens (including phenoxy) is 3. The number of hydrogen-bond donors (Lipinski definition) is 1. The minimum Gasteiger partial charge on any atom is -0.472 e. The van der Waals surface area contributed by atoms with E-state index in [1.807, 2.05) is 51.1 Å². The van der Waals surface area contributed by atoms with Gasteiger partial charge in [-0.15, -0.1) is 0 Å². The zero-order valence-corrected chi connectivity index (χ0v) is 15.6. The van der Waals surface area contributed by atoms with E-state index in [0.29, 0.717) is 25.2 Å². The molecule has 2 heterocycles. The number of carbonyl (C=O) groups excluding carboxylic acids is 1. The lowest BCUT2D eigenvalue weighted by Gasteiger charge is -2.38. The quantitative estimate of drug-likeness (QED) is 0.873. The highest BCUT2D eigenvalue weighted by atomic mass is 16.6. The van der Waals surface area contributed by atoms with Gasteiger partial charge in [-0.3, -0.25) is 4.90 Å². The minimum absolute atomic E-state index is 0.108. The zero-order chi connectivity index (χ0) is 18.7. The summed E-state index contributed by atoms with van der Waals surface area (Å²) in [6.45, 7) is 6.04. The third-order valence-corrected chi connectivity index (χ3v) is 4.38. The molecule has 0 aliphatic carbocycles. The third kappa shape index (κ3) is 4.56. The van der Waals surface area contributed by atoms with Crippen molar-refractivity contribution in [1.82, 2.24) is 4.90 Å². The van der Waals surface area contributed by atoms with Gasteiger partial charge in [0.15, 0.2) is 6.23 Å². The summed E-state index contributed by atoms with van der Waals surface area (Å²) in [7, 11) is 0. The zero-order valence-electron chi connectivity index (χ0n) is 15.6. The lowest BCUT2D eigenvalue weighted by Crippen LogP contribution is -2.48. The van der Waals surface area contributed by atoms with Crippen LogP contribution in [0.25, 0.3) is 0 Å². The van der Waals surface area contributed by atoms with Crippen molar-refractivity contribution in [3.05, 3.63) is 47.7 Å². The van der Waals surface area contributed by atoms with Crippen molar-refractivity contribution in [2.45, 2.75) is 57.6 Å². The van der Waals surface area contributed by atoms with E-state index in [1.165, 1.54) is 0 Å². The summed E-state index contributed by atoms with van der Waals surface area (Å²) in [5.74, 6) is 0.425. The van der Waals surface area contributed by atoms with Crippen LogP contribution in [0.3, 0.4) is 0 Å². The summed E-state index contributed by atoms with van der Waals surface area (Å²) in [4.78, 5) is 14.0. The highest BCUT2D eigenvalue weighted by Gasteiger charge is 2.42. The Bertz CT molecular complexity index is 652. The van der Waals surface area contributed by atoms with Gasteiger partial charge in [-0.1, -0.05) is 30.3 Å². The lowest BCUT2D eigenvalue weighted by molar-refractivity contribution is -0.104. The second-order valence-corrected chi connectivity index (χ2v) is 7.70. The molecule has 6 heteroatoms. The number of cyclic esters (lactones) is 1. The Morgan fingerprint density at radius 3 is 2.65 bits per heavy atom. The number of hydrogen-bond acceptors (Lipinski definition) is 5. The molecule has 0 radical (unpaired) electrons. The van der Waals surface area contributed by atoms with Gasteiger partial charge in [0, 0.05) is 6.42 Å². The molecular formula is C20H27NO5. The molecule has 1 fully saturated rings. The van der Waals surface area contributed by atoms with Crippen molar-refractivity contribution in [1.29, 1.82) is 0 Å². The van der Waals surface area contributed by atoms with E-state index >= 15 is 0 Å². The molecule has 6 nitrogen and oxygen atoms in total. The Balaban J connectivity index is 1.76. The van der Waals surface area contributed by atoms with Crippen LogP contribution in [0.5, 0.6) is 0 Å². The second kappa shape index (κ2) is 7.68. The van der Waals surface area contributed by atoms with Crippen molar-refractivity contribution < 1.29 is 24.1 Å². The van der Waals surface area contributed by atoms with E-state index in [9.17, 15) is 9.90 Å². The number of rotatable bonds is 5. The maximum Gasteiger partial charge on any atom is 0.413 e. The lowest BCUT2D eigenvalue weighted by atomic mass is 10.0. The first-order chi connectivity index (χ1) is 12.4. The largest absolute Gasteiger partial charge is 0.472 e. The fourth-order valence-corrected chi connectivity index (χ4v) is 3.40. The Morgan fingerprint density at radius 1 is 1.27 bits per heavy atom. The van der Waals surface area contributed by atoms with Crippen LogP contribution in [0.2, 0.25) is 0 Å². The van der Waals surface area contributed by atoms with Crippen molar-refractivity contribution in [2.75, 3.05) is 13.2 Å². The number of benzene rings is 1. The molecule has 142 valence electrons. The average Bonchev–Trinajstić information content (AvgIpc) is 2.94. The molecule has 1 N–H and O–H groups in total. The van der Waals surface area contributed by atoms with Gasteiger partial charge in [-0.25, -0.2) is 4.79 Å². The summed E-state index contributed by atoms with van der Waals surface area (Å²) in [6.07, 6.45) is 1.84. The number of aliphatic hydroxyl groups is 1. The monoisotopic (exact) mass is 361 g/mol. The van der Waals surface area contributed by atoms with Crippen molar-refractivity contribution in [2.24, 2.45) is 0 Å². The Kier molecular flexibility index (Phi) is 5.53. The molecule has 1 aromatic carbocycles. The van der Waals surface area contributed by atoms with Gasteiger partial charge in [0.2, 0.25) is 0 Å². The average molecular weight is 361 g/mol. The molecule has 0 unspecified atom stereocenters. The normalized spacial score (nSPS) is 26.3. The van der Waals surface area contributed by atoms with Gasteiger partial charge >= 0.3 is 6.09 Å². The van der Waals surface area contributed by atoms with Crippen LogP contribution in [0, 0.1) is 0 Å². The summed E-state index contributed by atoms with van der Waals surface area (Å²) in [5, 5.41) is 9.55. The molecule has 1 aromatic rings. The molecular weight excluding hydrogens is 334 g/mol. The van der Waals surface area contributed by atoms with E-state index in [0.717, 1.165) is 5.56 Å². The summed E-state index contributed by atoms with van der Waals surface area (Å²) in [6, 6.07) is 9.89. The molecule has 3 rings (SSSR count). The standard InChI is InChI=1S/C20H27NO5/c1-20(2,3)26-16-10-17(12-22)25-18(11-16)21-15(13-24-19(21)23)9-14-7-5-4-6-8-14/h4-8,10,15-16,18,22H,9,11-13H2,1-3H3/t15-,16+,18-/m0/s1. The maximum atomic E-state index is 12.4. The van der Waals surface area contributed by atoms with E-state index < -0.39 is 6.23 Å². The number of carbonyl (C=O) groups is 1. The van der Waals surface area contributed by atoms with Crippen LogP contribution >= 0.6 is 0 Å². The molecule has 0 saturated carbocycles. The van der Waals surface area contributed by atoms with Crippen molar-refractivity contribution in [3.63, 3.8) is 0 Å². The molecule has 0 bridgehead atoms. The van der Waals surface area contributed by atoms with Crippen LogP contribution in [0.15, 0.2) is 42.2 Å². The number of amides is 1. The molecule has 1 amide bonds. The fraction of sp³-hybridized carbons (Fsp3) is 0.550. The van der Waals surface area contributed by atoms with Gasteiger partial charge in [0.25, 0.3) is 0 Å². The summed E-state index contributed by atoms with van der Waals surface area (Å²) >= 11 is 0. The molecule has 2 aliphatic heterocycles. The SMILES string of the molecule is CC(C)(C)O[C@@H]1C=C(CO)O[C@H](N2C(=O)OC[C@@H]2Cc2ccccc2)C1. The predicted octanol–water partition coefficient (Wildman–Crippen LogP) is 2.86. The number of aliphatic hydroxyl groups excluding tert-OH is 1. The summed E-state index contributed by atoms with van der Waals surface area (Å²) < 4.78 is 17.2. The molecule has 3 atom stereocenters. The highest BCUT2D eigenvalue weighted by molar-refractivity contribution is 5.70. The predicted molar refractivity (Wildman–Crippen MR) is 96.4 cm³/mol. The molecule has 2 aliphatic rings. The Hall–Kier alpha value is -2.05. The minimum atomic E-state index is -0.516. The van der Waals surface area contributed by atoms with E-state index in [4.69, 9.17) is 14.2 Å². The maximum absolute atomic E-state index is 12.4. The van der Waals surface area contributed by atoms with Crippen molar-refractivity contribution in [3.8, 4) is 0 Å². The van der Waals surface area contributed by atoms with Crippen LogP contribution in [0.4, 0.5) is 4.79 Å². The van der Waals surface area contributed by atoms with Crippen LogP contribution < -0.4 is 0 Å². The summed E-state index contributed by atoms with van der Waals surface area (Å²) in [5.41, 5.74) is 0.801. The van der Waals surface area contributed by atoms with Crippen LogP contribution in [-0.2, 0) is 20.6 Å². The highest BCUT2D eigenvalue weighted by Crippen LogP contribution is 2.30. The first-order valence-corrected chi connectivity index (χ1v) is 9.01. The first kappa shape index (κ1) is 18.7. The topological polar surface area (TPSA) is 68.2 Å². The molecule has 1 saturated heterocycles. The Labute approximate surface area is 154 Å². The Morgan fingerprint density at radius 2 is 2.00 bits per heavy atom. The smallest absolute Gasteiger partial charge is 0.413 e. The van der Waals surface area contributed by atoms with Crippen LogP contribution in [0.1, 0.15) is 32.8 Å². The molecule has 0 aromatic heterocycles.